The van der Waals surface area contributed by atoms with E-state index in [1.54, 1.807) is 0 Å². The fraction of sp³-hybridized carbons (Fsp3) is 0.348. The number of amides is 2. The number of hydrogen-bond donors (Lipinski definition) is 1. The fourth-order valence-electron chi connectivity index (χ4n) is 4.24. The largest absolute Gasteiger partial charge is 0.454 e. The van der Waals surface area contributed by atoms with Gasteiger partial charge in [-0.2, -0.15) is 0 Å². The Labute approximate surface area is 170 Å². The van der Waals surface area contributed by atoms with E-state index in [9.17, 15) is 4.79 Å². The van der Waals surface area contributed by atoms with Crippen LogP contribution in [-0.4, -0.2) is 28.8 Å². The number of carbonyl (C=O) groups excluding carboxylic acids is 1. The Morgan fingerprint density at radius 2 is 2.03 bits per heavy atom. The Hall–Kier alpha value is -3.15. The number of aryl methyl sites for hydroxylation is 1. The summed E-state index contributed by atoms with van der Waals surface area (Å²) in [5.74, 6) is 1.38. The molecule has 1 aromatic heterocycles. The highest BCUT2D eigenvalue weighted by Gasteiger charge is 2.23. The number of urea groups is 1. The van der Waals surface area contributed by atoms with Gasteiger partial charge in [0.15, 0.2) is 11.5 Å². The zero-order valence-electron chi connectivity index (χ0n) is 16.6. The molecule has 0 unspecified atom stereocenters. The van der Waals surface area contributed by atoms with E-state index in [1.807, 2.05) is 23.1 Å². The lowest BCUT2D eigenvalue weighted by Crippen LogP contribution is -2.35. The van der Waals surface area contributed by atoms with Gasteiger partial charge in [0.2, 0.25) is 6.79 Å². The third-order valence-corrected chi connectivity index (χ3v) is 5.75. The molecule has 2 amide bonds. The van der Waals surface area contributed by atoms with Crippen LogP contribution in [0, 0.1) is 0 Å². The summed E-state index contributed by atoms with van der Waals surface area (Å²) in [7, 11) is 0. The van der Waals surface area contributed by atoms with Gasteiger partial charge in [0.25, 0.3) is 0 Å². The molecule has 3 heterocycles. The number of unbranched alkanes of at least 4 members (excludes halogenated alkanes) is 1. The Bertz CT molecular complexity index is 1070. The lowest BCUT2D eigenvalue weighted by molar-refractivity contribution is 0.174. The average Bonchev–Trinajstić information content (AvgIpc) is 3.28. The number of nitrogens with zero attached hydrogens (tertiary/aromatic N) is 2. The monoisotopic (exact) mass is 391 g/mol. The van der Waals surface area contributed by atoms with Gasteiger partial charge in [0.1, 0.15) is 0 Å². The SMILES string of the molecule is CCCCn1cc2c3c(cccc31)CN(C(=O)Nc1ccc3c(c1)OCO3)CC2. The minimum atomic E-state index is -0.0927. The Morgan fingerprint density at radius 1 is 1.14 bits per heavy atom. The number of fused-ring (bicyclic) bond motifs is 1. The first kappa shape index (κ1) is 17.9. The number of benzene rings is 2. The number of nitrogens with one attached hydrogen (secondary N) is 1. The predicted molar refractivity (Wildman–Crippen MR) is 113 cm³/mol. The van der Waals surface area contributed by atoms with E-state index < -0.39 is 0 Å². The van der Waals surface area contributed by atoms with Crippen molar-refractivity contribution < 1.29 is 14.3 Å². The van der Waals surface area contributed by atoms with Crippen LogP contribution in [0.15, 0.2) is 42.6 Å². The number of ether oxygens (including phenoxy) is 2. The van der Waals surface area contributed by atoms with Crippen molar-refractivity contribution in [2.45, 2.75) is 39.3 Å². The van der Waals surface area contributed by atoms with Gasteiger partial charge in [-0.25, -0.2) is 4.79 Å². The molecule has 0 atom stereocenters. The van der Waals surface area contributed by atoms with Crippen molar-refractivity contribution >= 4 is 22.6 Å². The number of anilines is 1. The first-order valence-corrected chi connectivity index (χ1v) is 10.3. The van der Waals surface area contributed by atoms with Gasteiger partial charge in [-0.1, -0.05) is 25.5 Å². The first-order valence-electron chi connectivity index (χ1n) is 10.3. The fourth-order valence-corrected chi connectivity index (χ4v) is 4.24. The maximum absolute atomic E-state index is 13.0. The minimum Gasteiger partial charge on any atom is -0.454 e. The van der Waals surface area contributed by atoms with Gasteiger partial charge in [0, 0.05) is 48.5 Å². The summed E-state index contributed by atoms with van der Waals surface area (Å²) in [4.78, 5) is 14.8. The van der Waals surface area contributed by atoms with Gasteiger partial charge in [-0.05, 0) is 42.2 Å². The van der Waals surface area contributed by atoms with Crippen LogP contribution in [0.5, 0.6) is 11.5 Å². The summed E-state index contributed by atoms with van der Waals surface area (Å²) in [6.07, 6.45) is 5.50. The number of aromatic nitrogens is 1. The smallest absolute Gasteiger partial charge is 0.322 e. The number of rotatable bonds is 4. The van der Waals surface area contributed by atoms with E-state index >= 15 is 0 Å². The van der Waals surface area contributed by atoms with Crippen LogP contribution < -0.4 is 14.8 Å². The zero-order chi connectivity index (χ0) is 19.8. The maximum Gasteiger partial charge on any atom is 0.322 e. The molecule has 3 aromatic rings. The van der Waals surface area contributed by atoms with E-state index in [-0.39, 0.29) is 12.8 Å². The van der Waals surface area contributed by atoms with Crippen molar-refractivity contribution in [3.63, 3.8) is 0 Å². The van der Waals surface area contributed by atoms with E-state index in [0.717, 1.165) is 13.0 Å². The molecule has 0 saturated carbocycles. The third-order valence-electron chi connectivity index (χ3n) is 5.75. The van der Waals surface area contributed by atoms with Crippen LogP contribution >= 0.6 is 0 Å². The summed E-state index contributed by atoms with van der Waals surface area (Å²) in [6.45, 7) is 4.79. The van der Waals surface area contributed by atoms with Crippen LogP contribution in [0.1, 0.15) is 30.9 Å². The number of carbonyl (C=O) groups is 1. The highest BCUT2D eigenvalue weighted by Crippen LogP contribution is 2.34. The second-order valence-corrected chi connectivity index (χ2v) is 7.68. The molecule has 29 heavy (non-hydrogen) atoms. The second kappa shape index (κ2) is 7.35. The van der Waals surface area contributed by atoms with Crippen LogP contribution in [0.4, 0.5) is 10.5 Å². The molecule has 0 bridgehead atoms. The molecule has 2 aromatic carbocycles. The molecule has 6 nitrogen and oxygen atoms in total. The summed E-state index contributed by atoms with van der Waals surface area (Å²) >= 11 is 0. The Morgan fingerprint density at radius 3 is 2.93 bits per heavy atom. The van der Waals surface area contributed by atoms with Crippen molar-refractivity contribution in [2.75, 3.05) is 18.7 Å². The molecule has 150 valence electrons. The second-order valence-electron chi connectivity index (χ2n) is 7.68. The van der Waals surface area contributed by atoms with Crippen LogP contribution in [0.25, 0.3) is 10.9 Å². The molecule has 0 spiro atoms. The topological polar surface area (TPSA) is 55.7 Å². The highest BCUT2D eigenvalue weighted by atomic mass is 16.7. The van der Waals surface area contributed by atoms with Crippen LogP contribution in [-0.2, 0) is 19.5 Å². The lowest BCUT2D eigenvalue weighted by Gasteiger charge is -2.22. The molecule has 2 aliphatic rings. The maximum atomic E-state index is 13.0. The van der Waals surface area contributed by atoms with E-state index in [1.165, 1.54) is 34.9 Å². The van der Waals surface area contributed by atoms with Gasteiger partial charge in [0.05, 0.1) is 0 Å². The Kier molecular flexibility index (Phi) is 4.54. The quantitative estimate of drug-likeness (QED) is 0.698. The van der Waals surface area contributed by atoms with Crippen LogP contribution in [0.2, 0.25) is 0 Å². The number of hydrogen-bond acceptors (Lipinski definition) is 3. The molecular formula is C23H25N3O3. The molecule has 0 saturated heterocycles. The molecular weight excluding hydrogens is 366 g/mol. The van der Waals surface area contributed by atoms with Crippen molar-refractivity contribution in [1.29, 1.82) is 0 Å². The molecule has 0 fully saturated rings. The third kappa shape index (κ3) is 3.28. The summed E-state index contributed by atoms with van der Waals surface area (Å²) in [5.41, 5.74) is 4.55. The molecule has 1 N–H and O–H groups in total. The van der Waals surface area contributed by atoms with Gasteiger partial charge in [-0.15, -0.1) is 0 Å². The molecule has 5 rings (SSSR count). The van der Waals surface area contributed by atoms with Crippen molar-refractivity contribution in [3.8, 4) is 11.5 Å². The average molecular weight is 391 g/mol. The summed E-state index contributed by atoms with van der Waals surface area (Å²) in [6, 6.07) is 11.8. The van der Waals surface area contributed by atoms with E-state index in [4.69, 9.17) is 9.47 Å². The standard InChI is InChI=1S/C23H25N3O3/c1-2-3-10-25-13-17-9-11-26(14-16-5-4-6-19(25)22(16)17)23(27)24-18-7-8-20-21(12-18)29-15-28-20/h4-8,12-13H,2-3,9-11,14-15H2,1H3,(H,24,27). The highest BCUT2D eigenvalue weighted by molar-refractivity contribution is 5.92. The minimum absolute atomic E-state index is 0.0927. The van der Waals surface area contributed by atoms with Crippen molar-refractivity contribution in [3.05, 3.63) is 53.7 Å². The predicted octanol–water partition coefficient (Wildman–Crippen LogP) is 4.76. The van der Waals surface area contributed by atoms with E-state index in [2.05, 4.69) is 41.2 Å². The lowest BCUT2D eigenvalue weighted by atomic mass is 10.1. The van der Waals surface area contributed by atoms with Crippen molar-refractivity contribution in [1.82, 2.24) is 9.47 Å². The van der Waals surface area contributed by atoms with Gasteiger partial charge in [-0.3, -0.25) is 0 Å². The normalized spacial score (nSPS) is 14.9. The summed E-state index contributed by atoms with van der Waals surface area (Å²) in [5, 5.41) is 4.33. The van der Waals surface area contributed by atoms with Gasteiger partial charge < -0.3 is 24.3 Å². The molecule has 6 heteroatoms. The van der Waals surface area contributed by atoms with Gasteiger partial charge >= 0.3 is 6.03 Å². The molecule has 0 aliphatic carbocycles. The molecule has 0 radical (unpaired) electrons. The molecule has 2 aliphatic heterocycles. The van der Waals surface area contributed by atoms with Crippen molar-refractivity contribution in [2.24, 2.45) is 0 Å². The zero-order valence-corrected chi connectivity index (χ0v) is 16.6. The Balaban J connectivity index is 1.37. The van der Waals surface area contributed by atoms with E-state index in [0.29, 0.717) is 30.3 Å². The first-order chi connectivity index (χ1) is 14.2. The summed E-state index contributed by atoms with van der Waals surface area (Å²) < 4.78 is 13.1. The van der Waals surface area contributed by atoms with Crippen LogP contribution in [0.3, 0.4) is 0 Å².